The summed E-state index contributed by atoms with van der Waals surface area (Å²) in [5.74, 6) is 0.0962. The normalized spacial score (nSPS) is 15.9. The van der Waals surface area contributed by atoms with Gasteiger partial charge in [0.1, 0.15) is 0 Å². The maximum atomic E-state index is 12.9. The fourth-order valence-electron chi connectivity index (χ4n) is 4.68. The molecule has 5 nitrogen and oxygen atoms in total. The van der Waals surface area contributed by atoms with Gasteiger partial charge in [0.15, 0.2) is 0 Å². The molecule has 1 saturated heterocycles. The molecule has 0 spiro atoms. The number of halogens is 2. The molecule has 3 aromatic rings. The van der Waals surface area contributed by atoms with Crippen molar-refractivity contribution in [2.24, 2.45) is 0 Å². The molecule has 2 heterocycles. The summed E-state index contributed by atoms with van der Waals surface area (Å²) in [4.78, 5) is 31.6. The number of hydrogen-bond acceptors (Lipinski definition) is 3. The summed E-state index contributed by atoms with van der Waals surface area (Å²) in [6.07, 6.45) is 1.27. The summed E-state index contributed by atoms with van der Waals surface area (Å²) in [5, 5.41) is 0.895. The van der Waals surface area contributed by atoms with Gasteiger partial charge in [0.25, 0.3) is 5.91 Å². The summed E-state index contributed by atoms with van der Waals surface area (Å²) in [6.45, 7) is 3.30. The molecule has 0 radical (unpaired) electrons. The van der Waals surface area contributed by atoms with Crippen molar-refractivity contribution >= 4 is 46.4 Å². The van der Waals surface area contributed by atoms with E-state index in [1.54, 1.807) is 18.2 Å². The Bertz CT molecular complexity index is 1220. The van der Waals surface area contributed by atoms with Crippen molar-refractivity contribution in [1.82, 2.24) is 4.90 Å². The molecule has 0 saturated carbocycles. The molecule has 0 N–H and O–H groups in total. The second-order valence-corrected chi connectivity index (χ2v) is 9.53. The van der Waals surface area contributed by atoms with Crippen molar-refractivity contribution in [2.75, 3.05) is 36.0 Å². The average Bonchev–Trinajstić information content (AvgIpc) is 2.86. The Morgan fingerprint density at radius 2 is 1.62 bits per heavy atom. The van der Waals surface area contributed by atoms with Crippen LogP contribution in [0.5, 0.6) is 0 Å². The molecule has 3 aromatic carbocycles. The Balaban J connectivity index is 1.28. The summed E-state index contributed by atoms with van der Waals surface area (Å²) >= 11 is 12.2. The van der Waals surface area contributed by atoms with E-state index in [2.05, 4.69) is 23.1 Å². The van der Waals surface area contributed by atoms with Crippen LogP contribution < -0.4 is 9.80 Å². The van der Waals surface area contributed by atoms with E-state index in [0.29, 0.717) is 41.7 Å². The molecule has 34 heavy (non-hydrogen) atoms. The van der Waals surface area contributed by atoms with Gasteiger partial charge in [0.05, 0.1) is 17.1 Å². The van der Waals surface area contributed by atoms with Gasteiger partial charge in [0.2, 0.25) is 5.91 Å². The Hall–Kier alpha value is -3.02. The van der Waals surface area contributed by atoms with Crippen LogP contribution in [0.15, 0.2) is 66.7 Å². The van der Waals surface area contributed by atoms with E-state index in [0.717, 1.165) is 36.4 Å². The molecule has 5 rings (SSSR count). The number of aryl methyl sites for hydroxylation is 1. The zero-order valence-corrected chi connectivity index (χ0v) is 20.2. The van der Waals surface area contributed by atoms with E-state index in [1.165, 1.54) is 5.56 Å². The highest BCUT2D eigenvalue weighted by Crippen LogP contribution is 2.33. The van der Waals surface area contributed by atoms with E-state index < -0.39 is 0 Å². The van der Waals surface area contributed by atoms with Gasteiger partial charge in [-0.2, -0.15) is 0 Å². The lowest BCUT2D eigenvalue weighted by atomic mass is 9.99. The van der Waals surface area contributed by atoms with Gasteiger partial charge < -0.3 is 14.7 Å². The highest BCUT2D eigenvalue weighted by molar-refractivity contribution is 6.36. The number of hydrogen-bond donors (Lipinski definition) is 0. The van der Waals surface area contributed by atoms with E-state index >= 15 is 0 Å². The van der Waals surface area contributed by atoms with E-state index in [9.17, 15) is 9.59 Å². The van der Waals surface area contributed by atoms with E-state index in [1.807, 2.05) is 40.1 Å². The molecule has 2 amide bonds. The third-order valence-electron chi connectivity index (χ3n) is 6.54. The molecule has 0 aliphatic carbocycles. The van der Waals surface area contributed by atoms with Crippen LogP contribution in [0.1, 0.15) is 27.9 Å². The van der Waals surface area contributed by atoms with Gasteiger partial charge in [-0.15, -0.1) is 0 Å². The number of carbonyl (C=O) groups is 2. The SMILES string of the molecule is O=C(c1ccc(Cl)cc1Cl)N1CCN(c2ccc3c(c2)CCC(=O)N3Cc2ccccc2)CC1. The molecule has 2 aliphatic rings. The highest BCUT2D eigenvalue weighted by Gasteiger charge is 2.27. The quantitative estimate of drug-likeness (QED) is 0.486. The number of anilines is 2. The predicted molar refractivity (Wildman–Crippen MR) is 137 cm³/mol. The van der Waals surface area contributed by atoms with Crippen LogP contribution in [0, 0.1) is 0 Å². The monoisotopic (exact) mass is 493 g/mol. The minimum Gasteiger partial charge on any atom is -0.368 e. The maximum absolute atomic E-state index is 12.9. The number of fused-ring (bicyclic) bond motifs is 1. The number of amides is 2. The molecule has 0 atom stereocenters. The van der Waals surface area contributed by atoms with Crippen molar-refractivity contribution in [3.63, 3.8) is 0 Å². The van der Waals surface area contributed by atoms with Gasteiger partial charge in [-0.25, -0.2) is 0 Å². The topological polar surface area (TPSA) is 43.9 Å². The molecule has 174 valence electrons. The molecule has 7 heteroatoms. The lowest BCUT2D eigenvalue weighted by Gasteiger charge is -2.37. The minimum atomic E-state index is -0.0678. The molecular formula is C27H25Cl2N3O2. The number of carbonyl (C=O) groups excluding carboxylic acids is 2. The zero-order valence-electron chi connectivity index (χ0n) is 18.7. The zero-order chi connectivity index (χ0) is 23.7. The summed E-state index contributed by atoms with van der Waals surface area (Å²) < 4.78 is 0. The molecular weight excluding hydrogens is 469 g/mol. The van der Waals surface area contributed by atoms with Crippen molar-refractivity contribution in [3.05, 3.63) is 93.5 Å². The molecule has 0 bridgehead atoms. The second-order valence-electron chi connectivity index (χ2n) is 8.68. The third kappa shape index (κ3) is 4.63. The first-order valence-corrected chi connectivity index (χ1v) is 12.2. The van der Waals surface area contributed by atoms with Crippen LogP contribution in [0.4, 0.5) is 11.4 Å². The lowest BCUT2D eigenvalue weighted by molar-refractivity contribution is -0.119. The largest absolute Gasteiger partial charge is 0.368 e. The van der Waals surface area contributed by atoms with Crippen LogP contribution in [0.3, 0.4) is 0 Å². The Morgan fingerprint density at radius 3 is 2.35 bits per heavy atom. The first-order chi connectivity index (χ1) is 16.5. The van der Waals surface area contributed by atoms with Crippen LogP contribution in [-0.2, 0) is 17.8 Å². The van der Waals surface area contributed by atoms with Crippen molar-refractivity contribution < 1.29 is 9.59 Å². The van der Waals surface area contributed by atoms with Crippen LogP contribution in [0.25, 0.3) is 0 Å². The first-order valence-electron chi connectivity index (χ1n) is 11.5. The van der Waals surface area contributed by atoms with Crippen LogP contribution in [-0.4, -0.2) is 42.9 Å². The first kappa shape index (κ1) is 22.8. The van der Waals surface area contributed by atoms with E-state index in [4.69, 9.17) is 23.2 Å². The number of rotatable bonds is 4. The predicted octanol–water partition coefficient (Wildman–Crippen LogP) is 5.44. The van der Waals surface area contributed by atoms with Crippen molar-refractivity contribution in [2.45, 2.75) is 19.4 Å². The summed E-state index contributed by atoms with van der Waals surface area (Å²) in [6, 6.07) is 21.4. The Morgan fingerprint density at radius 1 is 0.853 bits per heavy atom. The molecule has 0 unspecified atom stereocenters. The van der Waals surface area contributed by atoms with E-state index in [-0.39, 0.29) is 11.8 Å². The Kier molecular flexibility index (Phi) is 6.48. The third-order valence-corrected chi connectivity index (χ3v) is 7.09. The second kappa shape index (κ2) is 9.69. The van der Waals surface area contributed by atoms with Gasteiger partial charge in [-0.05, 0) is 53.9 Å². The molecule has 0 aromatic heterocycles. The fraction of sp³-hybridized carbons (Fsp3) is 0.259. The highest BCUT2D eigenvalue weighted by atomic mass is 35.5. The molecule has 2 aliphatic heterocycles. The van der Waals surface area contributed by atoms with Crippen LogP contribution in [0.2, 0.25) is 10.0 Å². The molecule has 1 fully saturated rings. The van der Waals surface area contributed by atoms with Gasteiger partial charge in [-0.3, -0.25) is 9.59 Å². The standard InChI is InChI=1S/C27H25Cl2N3O2/c28-21-7-9-23(24(29)17-21)27(34)31-14-12-30(13-15-31)22-8-10-25-20(16-22)6-11-26(33)32(25)18-19-4-2-1-3-5-19/h1-5,7-10,16-17H,6,11-15,18H2. The average molecular weight is 494 g/mol. The Labute approximate surface area is 209 Å². The number of benzene rings is 3. The van der Waals surface area contributed by atoms with Gasteiger partial charge >= 0.3 is 0 Å². The van der Waals surface area contributed by atoms with Crippen molar-refractivity contribution in [3.8, 4) is 0 Å². The number of piperazine rings is 1. The smallest absolute Gasteiger partial charge is 0.255 e. The summed E-state index contributed by atoms with van der Waals surface area (Å²) in [7, 11) is 0. The fourth-order valence-corrected chi connectivity index (χ4v) is 5.17. The lowest BCUT2D eigenvalue weighted by Crippen LogP contribution is -2.49. The number of nitrogens with zero attached hydrogens (tertiary/aromatic N) is 3. The van der Waals surface area contributed by atoms with Gasteiger partial charge in [-0.1, -0.05) is 53.5 Å². The van der Waals surface area contributed by atoms with Gasteiger partial charge in [0, 0.05) is 49.0 Å². The maximum Gasteiger partial charge on any atom is 0.255 e. The summed E-state index contributed by atoms with van der Waals surface area (Å²) in [5.41, 5.74) is 4.92. The van der Waals surface area contributed by atoms with Crippen molar-refractivity contribution in [1.29, 1.82) is 0 Å². The van der Waals surface area contributed by atoms with Crippen LogP contribution >= 0.6 is 23.2 Å². The minimum absolute atomic E-state index is 0.0678.